The van der Waals surface area contributed by atoms with E-state index in [2.05, 4.69) is 0 Å². The van der Waals surface area contributed by atoms with Crippen molar-refractivity contribution in [3.8, 4) is 0 Å². The lowest BCUT2D eigenvalue weighted by Gasteiger charge is -2.21. The Bertz CT molecular complexity index is 756. The Morgan fingerprint density at radius 3 is 2.36 bits per heavy atom. The van der Waals surface area contributed by atoms with Crippen molar-refractivity contribution in [1.82, 2.24) is 4.31 Å². The van der Waals surface area contributed by atoms with Crippen LogP contribution in [0.2, 0.25) is 5.02 Å². The zero-order valence-corrected chi connectivity index (χ0v) is 14.6. The fourth-order valence-electron chi connectivity index (χ4n) is 2.70. The normalized spacial score (nSPS) is 17.3. The summed E-state index contributed by atoms with van der Waals surface area (Å²) in [6.07, 6.45) is 4.27. The molecule has 1 saturated carbocycles. The summed E-state index contributed by atoms with van der Waals surface area (Å²) in [4.78, 5) is -0.508. The third kappa shape index (κ3) is 3.80. The molecule has 0 heterocycles. The summed E-state index contributed by atoms with van der Waals surface area (Å²) in [7, 11) is -6.35. The number of hydrogen-bond acceptors (Lipinski definition) is 4. The van der Waals surface area contributed by atoms with Gasteiger partial charge in [0.2, 0.25) is 20.0 Å². The van der Waals surface area contributed by atoms with Gasteiger partial charge in [-0.2, -0.15) is 0 Å². The van der Waals surface area contributed by atoms with Crippen molar-refractivity contribution in [2.45, 2.75) is 35.5 Å². The lowest BCUT2D eigenvalue weighted by Crippen LogP contribution is -2.31. The van der Waals surface area contributed by atoms with E-state index in [1.165, 1.54) is 23.5 Å². The molecule has 1 aliphatic carbocycles. The van der Waals surface area contributed by atoms with E-state index in [1.54, 1.807) is 0 Å². The standard InChI is InChI=1S/C13H19ClN2O4S2/c1-16(9-10-4-2-3-5-10)22(19,20)11-6-7-12(14)13(8-11)21(15,17)18/h6-8,10H,2-5,9H2,1H3,(H2,15,17,18). The van der Waals surface area contributed by atoms with E-state index in [0.29, 0.717) is 12.5 Å². The number of nitrogens with zero attached hydrogens (tertiary/aromatic N) is 1. The minimum atomic E-state index is -4.08. The second-order valence-electron chi connectivity index (χ2n) is 5.57. The smallest absolute Gasteiger partial charge is 0.225 e. The quantitative estimate of drug-likeness (QED) is 0.858. The van der Waals surface area contributed by atoms with Gasteiger partial charge in [-0.25, -0.2) is 26.3 Å². The van der Waals surface area contributed by atoms with Gasteiger partial charge in [0.15, 0.2) is 0 Å². The van der Waals surface area contributed by atoms with Crippen LogP contribution in [0.25, 0.3) is 0 Å². The fraction of sp³-hybridized carbons (Fsp3) is 0.538. The first-order valence-corrected chi connectivity index (χ1v) is 10.3. The molecule has 2 rings (SSSR count). The average molecular weight is 367 g/mol. The minimum Gasteiger partial charge on any atom is -0.225 e. The number of sulfonamides is 2. The van der Waals surface area contributed by atoms with E-state index in [1.807, 2.05) is 0 Å². The molecule has 0 atom stereocenters. The number of primary sulfonamides is 1. The molecular weight excluding hydrogens is 348 g/mol. The topological polar surface area (TPSA) is 97.5 Å². The molecule has 0 aromatic heterocycles. The maximum Gasteiger partial charge on any atom is 0.242 e. The highest BCUT2D eigenvalue weighted by molar-refractivity contribution is 7.90. The van der Waals surface area contributed by atoms with Gasteiger partial charge in [-0.05, 0) is 37.0 Å². The highest BCUT2D eigenvalue weighted by atomic mass is 35.5. The van der Waals surface area contributed by atoms with Crippen LogP contribution in [-0.4, -0.2) is 34.7 Å². The third-order valence-corrected chi connectivity index (χ3v) is 7.12. The van der Waals surface area contributed by atoms with Crippen LogP contribution in [0.4, 0.5) is 0 Å². The van der Waals surface area contributed by atoms with Crippen molar-refractivity contribution < 1.29 is 16.8 Å². The predicted octanol–water partition coefficient (Wildman–Crippen LogP) is 1.80. The van der Waals surface area contributed by atoms with Crippen LogP contribution >= 0.6 is 11.6 Å². The van der Waals surface area contributed by atoms with Crippen molar-refractivity contribution >= 4 is 31.6 Å². The van der Waals surface area contributed by atoms with E-state index in [0.717, 1.165) is 31.7 Å². The molecule has 0 amide bonds. The summed E-state index contributed by atoms with van der Waals surface area (Å²) in [5.41, 5.74) is 0. The number of nitrogens with two attached hydrogens (primary N) is 1. The maximum absolute atomic E-state index is 12.6. The summed E-state index contributed by atoms with van der Waals surface area (Å²) in [5, 5.41) is 4.96. The van der Waals surface area contributed by atoms with Crippen LogP contribution in [-0.2, 0) is 20.0 Å². The van der Waals surface area contributed by atoms with Crippen molar-refractivity contribution in [2.75, 3.05) is 13.6 Å². The van der Waals surface area contributed by atoms with Crippen molar-refractivity contribution in [3.63, 3.8) is 0 Å². The molecule has 0 aliphatic heterocycles. The second kappa shape index (κ2) is 6.45. The van der Waals surface area contributed by atoms with Crippen LogP contribution in [0.5, 0.6) is 0 Å². The molecule has 0 unspecified atom stereocenters. The van der Waals surface area contributed by atoms with Gasteiger partial charge in [-0.1, -0.05) is 24.4 Å². The molecule has 1 aliphatic rings. The molecule has 0 radical (unpaired) electrons. The molecule has 22 heavy (non-hydrogen) atoms. The highest BCUT2D eigenvalue weighted by Gasteiger charge is 2.27. The number of halogens is 1. The average Bonchev–Trinajstić information content (AvgIpc) is 2.90. The van der Waals surface area contributed by atoms with E-state index in [9.17, 15) is 16.8 Å². The highest BCUT2D eigenvalue weighted by Crippen LogP contribution is 2.29. The predicted molar refractivity (Wildman–Crippen MR) is 84.6 cm³/mol. The number of rotatable bonds is 5. The van der Waals surface area contributed by atoms with Crippen LogP contribution in [0.1, 0.15) is 25.7 Å². The molecule has 1 aromatic rings. The van der Waals surface area contributed by atoms with Crippen LogP contribution in [0.15, 0.2) is 28.0 Å². The van der Waals surface area contributed by atoms with Crippen molar-refractivity contribution in [2.24, 2.45) is 11.1 Å². The Morgan fingerprint density at radius 1 is 1.23 bits per heavy atom. The third-order valence-electron chi connectivity index (χ3n) is 3.91. The van der Waals surface area contributed by atoms with Gasteiger partial charge in [0.05, 0.1) is 9.92 Å². The minimum absolute atomic E-state index is 0.0973. The molecule has 1 fully saturated rings. The van der Waals surface area contributed by atoms with Gasteiger partial charge in [0, 0.05) is 13.6 Å². The van der Waals surface area contributed by atoms with Crippen LogP contribution in [0, 0.1) is 5.92 Å². The SMILES string of the molecule is CN(CC1CCCC1)S(=O)(=O)c1ccc(Cl)c(S(N)(=O)=O)c1. The molecule has 9 heteroatoms. The zero-order valence-electron chi connectivity index (χ0n) is 12.2. The van der Waals surface area contributed by atoms with Gasteiger partial charge in [-0.3, -0.25) is 0 Å². The van der Waals surface area contributed by atoms with E-state index in [4.69, 9.17) is 16.7 Å². The molecule has 0 spiro atoms. The first-order valence-electron chi connectivity index (χ1n) is 6.91. The van der Waals surface area contributed by atoms with Crippen molar-refractivity contribution in [3.05, 3.63) is 23.2 Å². The lowest BCUT2D eigenvalue weighted by molar-refractivity contribution is 0.387. The molecule has 0 saturated heterocycles. The summed E-state index contributed by atoms with van der Waals surface area (Å²) in [5.74, 6) is 0.352. The zero-order chi connectivity index (χ0) is 16.5. The molecular formula is C13H19ClN2O4S2. The van der Waals surface area contributed by atoms with Gasteiger partial charge in [0.25, 0.3) is 0 Å². The second-order valence-corrected chi connectivity index (χ2v) is 9.56. The Hall–Kier alpha value is -0.670. The summed E-state index contributed by atoms with van der Waals surface area (Å²) >= 11 is 5.78. The van der Waals surface area contributed by atoms with Gasteiger partial charge in [-0.15, -0.1) is 0 Å². The monoisotopic (exact) mass is 366 g/mol. The largest absolute Gasteiger partial charge is 0.242 e. The van der Waals surface area contributed by atoms with Crippen LogP contribution < -0.4 is 5.14 Å². The molecule has 0 bridgehead atoms. The van der Waals surface area contributed by atoms with E-state index in [-0.39, 0.29) is 14.8 Å². The van der Waals surface area contributed by atoms with Gasteiger partial charge >= 0.3 is 0 Å². The molecule has 2 N–H and O–H groups in total. The Labute approximate surface area is 136 Å². The fourth-order valence-corrected chi connectivity index (χ4v) is 5.12. The Balaban J connectivity index is 2.33. The Kier molecular flexibility index (Phi) is 5.18. The van der Waals surface area contributed by atoms with Crippen molar-refractivity contribution in [1.29, 1.82) is 0 Å². The molecule has 124 valence electrons. The van der Waals surface area contributed by atoms with Crippen LogP contribution in [0.3, 0.4) is 0 Å². The van der Waals surface area contributed by atoms with Gasteiger partial charge in [0.1, 0.15) is 4.90 Å². The summed E-state index contributed by atoms with van der Waals surface area (Å²) in [6.45, 7) is 0.426. The lowest BCUT2D eigenvalue weighted by atomic mass is 10.1. The molecule has 1 aromatic carbocycles. The Morgan fingerprint density at radius 2 is 1.82 bits per heavy atom. The number of benzene rings is 1. The van der Waals surface area contributed by atoms with E-state index < -0.39 is 20.0 Å². The number of hydrogen-bond donors (Lipinski definition) is 1. The van der Waals surface area contributed by atoms with E-state index >= 15 is 0 Å². The maximum atomic E-state index is 12.6. The van der Waals surface area contributed by atoms with Gasteiger partial charge < -0.3 is 0 Å². The summed E-state index contributed by atoms with van der Waals surface area (Å²) < 4.78 is 49.3. The molecule has 6 nitrogen and oxygen atoms in total. The first-order chi connectivity index (χ1) is 10.1. The summed E-state index contributed by atoms with van der Waals surface area (Å²) in [6, 6.07) is 3.53. The first kappa shape index (κ1) is 17.7.